The van der Waals surface area contributed by atoms with E-state index < -0.39 is 0 Å². The number of rotatable bonds is 4. The highest BCUT2D eigenvalue weighted by atomic mass is 15.1. The SMILES string of the molecule is N=C1NC(=N)c2nc3c4[nH]c(c(-c5ccccc5)c5nc(c(-c6ccccc6)c6ccc([nH]6)c(-c6ccccc6)c6nc(c4-c4ccccc4)C=C6)C=C5)c3nc21. The third-order valence-electron chi connectivity index (χ3n) is 10.6. The molecule has 0 atom stereocenters. The highest BCUT2D eigenvalue weighted by Gasteiger charge is 2.29. The van der Waals surface area contributed by atoms with E-state index in [4.69, 9.17) is 30.8 Å². The summed E-state index contributed by atoms with van der Waals surface area (Å²) in [5.74, 6) is 0.0783. The molecule has 3 aliphatic heterocycles. The summed E-state index contributed by atoms with van der Waals surface area (Å²) in [6, 6.07) is 45.3. The highest BCUT2D eigenvalue weighted by molar-refractivity contribution is 6.24. The number of H-pyrrole nitrogens is 2. The van der Waals surface area contributed by atoms with E-state index in [2.05, 4.69) is 100 Å². The lowest BCUT2D eigenvalue weighted by Crippen LogP contribution is -2.20. The van der Waals surface area contributed by atoms with Gasteiger partial charge in [0.1, 0.15) is 22.4 Å². The van der Waals surface area contributed by atoms with Crippen LogP contribution in [0.3, 0.4) is 0 Å². The third kappa shape index (κ3) is 5.25. The summed E-state index contributed by atoms with van der Waals surface area (Å²) in [5.41, 5.74) is 15.6. The largest absolute Gasteiger partial charge is 0.354 e. The van der Waals surface area contributed by atoms with Gasteiger partial charge < -0.3 is 15.3 Å². The van der Waals surface area contributed by atoms with E-state index in [9.17, 15) is 0 Å². The second kappa shape index (κ2) is 12.8. The van der Waals surface area contributed by atoms with Gasteiger partial charge >= 0.3 is 0 Å². The van der Waals surface area contributed by atoms with Gasteiger partial charge in [-0.25, -0.2) is 19.9 Å². The fraction of sp³-hybridized carbons (Fsp3) is 0. The van der Waals surface area contributed by atoms with E-state index in [1.807, 2.05) is 72.8 Å². The Morgan fingerprint density at radius 2 is 0.684 bits per heavy atom. The zero-order valence-corrected chi connectivity index (χ0v) is 30.3. The Morgan fingerprint density at radius 1 is 0.351 bits per heavy atom. The molecule has 0 unspecified atom stereocenters. The van der Waals surface area contributed by atoms with Crippen LogP contribution in [0.25, 0.3) is 102 Å². The van der Waals surface area contributed by atoms with Crippen LogP contribution in [0.2, 0.25) is 0 Å². The number of aromatic nitrogens is 6. The molecule has 4 aromatic carbocycles. The maximum Gasteiger partial charge on any atom is 0.152 e. The van der Waals surface area contributed by atoms with Gasteiger partial charge in [0.05, 0.1) is 33.8 Å². The Bertz CT molecular complexity index is 3000. The van der Waals surface area contributed by atoms with E-state index in [0.717, 1.165) is 78.3 Å². The fourth-order valence-corrected chi connectivity index (χ4v) is 8.09. The maximum absolute atomic E-state index is 8.70. The molecule has 4 aromatic heterocycles. The van der Waals surface area contributed by atoms with Crippen LogP contribution in [0.5, 0.6) is 0 Å². The molecule has 0 radical (unpaired) electrons. The summed E-state index contributed by atoms with van der Waals surface area (Å²) in [7, 11) is 0. The van der Waals surface area contributed by atoms with Gasteiger partial charge in [-0.15, -0.1) is 0 Å². The van der Waals surface area contributed by atoms with Crippen LogP contribution in [-0.4, -0.2) is 41.6 Å². The van der Waals surface area contributed by atoms with E-state index in [1.54, 1.807) is 0 Å². The lowest BCUT2D eigenvalue weighted by Gasteiger charge is -2.06. The normalized spacial score (nSPS) is 13.0. The molecule has 8 aromatic rings. The average molecular weight is 734 g/mol. The molecule has 57 heavy (non-hydrogen) atoms. The molecule has 0 spiro atoms. The Morgan fingerprint density at radius 3 is 1.05 bits per heavy atom. The molecule has 9 heteroatoms. The Labute approximate surface area is 326 Å². The molecular formula is C48H31N9. The van der Waals surface area contributed by atoms with Crippen molar-refractivity contribution in [2.75, 3.05) is 0 Å². The average Bonchev–Trinajstić information content (AvgIpc) is 4.11. The quantitative estimate of drug-likeness (QED) is 0.122. The van der Waals surface area contributed by atoms with Crippen LogP contribution in [0.4, 0.5) is 0 Å². The topological polar surface area (TPSA) is 143 Å². The van der Waals surface area contributed by atoms with Crippen molar-refractivity contribution in [2.45, 2.75) is 0 Å². The number of amidine groups is 2. The van der Waals surface area contributed by atoms with Crippen molar-refractivity contribution in [2.24, 2.45) is 0 Å². The molecule has 3 aliphatic rings. The summed E-state index contributed by atoms with van der Waals surface area (Å²) in [4.78, 5) is 28.7. The van der Waals surface area contributed by atoms with Gasteiger partial charge in [-0.05, 0) is 58.7 Å². The zero-order chi connectivity index (χ0) is 38.0. The lowest BCUT2D eigenvalue weighted by molar-refractivity contribution is 1.25. The number of aromatic amines is 2. The second-order valence-corrected chi connectivity index (χ2v) is 14.0. The molecular weight excluding hydrogens is 703 g/mol. The van der Waals surface area contributed by atoms with Gasteiger partial charge in [-0.2, -0.15) is 0 Å². The lowest BCUT2D eigenvalue weighted by atomic mass is 10.0. The monoisotopic (exact) mass is 733 g/mol. The first-order chi connectivity index (χ1) is 28.1. The molecule has 9 nitrogen and oxygen atoms in total. The Balaban J connectivity index is 1.41. The minimum atomic E-state index is 0.0392. The minimum Gasteiger partial charge on any atom is -0.354 e. The first-order valence-electron chi connectivity index (χ1n) is 18.7. The summed E-state index contributed by atoms with van der Waals surface area (Å²) in [5, 5.41) is 20.2. The molecule has 0 amide bonds. The zero-order valence-electron chi connectivity index (χ0n) is 30.3. The molecule has 8 bridgehead atoms. The molecule has 5 N–H and O–H groups in total. The van der Waals surface area contributed by atoms with Gasteiger partial charge in [0.25, 0.3) is 0 Å². The minimum absolute atomic E-state index is 0.0392. The molecule has 0 aliphatic carbocycles. The van der Waals surface area contributed by atoms with E-state index in [0.29, 0.717) is 33.5 Å². The summed E-state index contributed by atoms with van der Waals surface area (Å²) in [6.07, 6.45) is 8.26. The molecule has 7 heterocycles. The van der Waals surface area contributed by atoms with Crippen molar-refractivity contribution in [3.05, 3.63) is 168 Å². The summed E-state index contributed by atoms with van der Waals surface area (Å²) < 4.78 is 0. The van der Waals surface area contributed by atoms with Gasteiger partial charge in [0.15, 0.2) is 11.7 Å². The number of hydrogen-bond donors (Lipinski definition) is 5. The fourth-order valence-electron chi connectivity index (χ4n) is 8.09. The number of nitrogens with zero attached hydrogens (tertiary/aromatic N) is 4. The molecule has 0 saturated carbocycles. The predicted molar refractivity (Wildman–Crippen MR) is 230 cm³/mol. The van der Waals surface area contributed by atoms with Crippen molar-refractivity contribution >= 4 is 69.1 Å². The predicted octanol–water partition coefficient (Wildman–Crippen LogP) is 10.5. The standard InChI is InChI=1S/C48H31N9/c49-47-45-46(48(50)57-47)56-44-42-40(30-19-11-4-12-20-30)36-26-24-34(53-36)38(28-15-7-2-8-16-28)32-22-21-31(51-32)37(27-13-5-1-6-14-27)33-23-25-35(52-33)39(29-17-9-3-10-18-29)41(54-42)43(44)55-45/h1-26,51,54H,(H3,49,50,57). The first kappa shape index (κ1) is 32.4. The van der Waals surface area contributed by atoms with E-state index >= 15 is 0 Å². The van der Waals surface area contributed by atoms with Crippen molar-refractivity contribution in [3.8, 4) is 44.5 Å². The highest BCUT2D eigenvalue weighted by Crippen LogP contribution is 2.41. The van der Waals surface area contributed by atoms with Crippen molar-refractivity contribution < 1.29 is 0 Å². The third-order valence-corrected chi connectivity index (χ3v) is 10.6. The number of hydrogen-bond acceptors (Lipinski definition) is 6. The Hall–Kier alpha value is -8.04. The number of benzene rings is 4. The van der Waals surface area contributed by atoms with Crippen molar-refractivity contribution in [1.29, 1.82) is 10.8 Å². The van der Waals surface area contributed by atoms with Gasteiger partial charge in [0, 0.05) is 33.3 Å². The van der Waals surface area contributed by atoms with Crippen LogP contribution in [-0.2, 0) is 0 Å². The smallest absolute Gasteiger partial charge is 0.152 e. The summed E-state index contributed by atoms with van der Waals surface area (Å²) >= 11 is 0. The van der Waals surface area contributed by atoms with Crippen LogP contribution < -0.4 is 5.32 Å². The number of fused-ring (bicyclic) bond motifs is 12. The number of nitrogens with one attached hydrogen (secondary N) is 5. The van der Waals surface area contributed by atoms with E-state index in [1.165, 1.54) is 0 Å². The van der Waals surface area contributed by atoms with Gasteiger partial charge in [-0.1, -0.05) is 121 Å². The summed E-state index contributed by atoms with van der Waals surface area (Å²) in [6.45, 7) is 0. The van der Waals surface area contributed by atoms with Crippen molar-refractivity contribution in [1.82, 2.24) is 35.2 Å². The molecule has 11 rings (SSSR count). The van der Waals surface area contributed by atoms with Crippen LogP contribution in [0.1, 0.15) is 34.2 Å². The van der Waals surface area contributed by atoms with Crippen LogP contribution in [0, 0.1) is 10.8 Å². The van der Waals surface area contributed by atoms with Crippen LogP contribution in [0.15, 0.2) is 133 Å². The second-order valence-electron chi connectivity index (χ2n) is 14.0. The van der Waals surface area contributed by atoms with Crippen molar-refractivity contribution in [3.63, 3.8) is 0 Å². The van der Waals surface area contributed by atoms with Gasteiger partial charge in [0.2, 0.25) is 0 Å². The van der Waals surface area contributed by atoms with Gasteiger partial charge in [-0.3, -0.25) is 10.8 Å². The molecule has 268 valence electrons. The maximum atomic E-state index is 8.70. The van der Waals surface area contributed by atoms with E-state index in [-0.39, 0.29) is 11.7 Å². The van der Waals surface area contributed by atoms with Crippen LogP contribution >= 0.6 is 0 Å². The molecule has 0 saturated heterocycles. The molecule has 0 fully saturated rings. The Kier molecular flexibility index (Phi) is 7.27. The first-order valence-corrected chi connectivity index (χ1v) is 18.7.